The van der Waals surface area contributed by atoms with Crippen molar-refractivity contribution in [1.82, 2.24) is 0 Å². The average Bonchev–Trinajstić information content (AvgIpc) is 3.47. The van der Waals surface area contributed by atoms with Crippen molar-refractivity contribution in [1.29, 1.82) is 0 Å². The van der Waals surface area contributed by atoms with Crippen LogP contribution in [-0.4, -0.2) is 37.2 Å². The summed E-state index contributed by atoms with van der Waals surface area (Å²) in [6.07, 6.45) is 86.9. The lowest BCUT2D eigenvalue weighted by molar-refractivity contribution is -0.167. The van der Waals surface area contributed by atoms with Gasteiger partial charge in [-0.2, -0.15) is 0 Å². The van der Waals surface area contributed by atoms with Crippen molar-refractivity contribution in [2.45, 2.75) is 444 Å². The van der Waals surface area contributed by atoms with Crippen LogP contribution in [0.4, 0.5) is 0 Å². The lowest BCUT2D eigenvalue weighted by Crippen LogP contribution is -2.30. The molecule has 1 unspecified atom stereocenters. The van der Waals surface area contributed by atoms with Crippen LogP contribution >= 0.6 is 0 Å². The molecule has 0 fully saturated rings. The Kier molecular flexibility index (Phi) is 70.0. The van der Waals surface area contributed by atoms with Crippen molar-refractivity contribution < 1.29 is 28.6 Å². The summed E-state index contributed by atoms with van der Waals surface area (Å²) in [5.41, 5.74) is 0. The molecule has 1 atom stereocenters. The zero-order chi connectivity index (χ0) is 59.2. The standard InChI is InChI=1S/C76H146O6/c1-4-7-10-13-16-19-22-25-28-31-33-34-35-36-37-38-39-40-41-42-43-46-48-51-54-57-60-63-66-69-75(78)81-72-73(71-80-74(77)68-65-62-59-56-53-50-47-44-30-27-24-21-18-15-12-9-6-3)82-76(79)70-67-64-61-58-55-52-49-45-32-29-26-23-20-17-14-11-8-5-2/h27,30,73H,4-26,28-29,31-72H2,1-3H3/b30-27-. The Bertz CT molecular complexity index is 1280. The molecule has 0 amide bonds. The Morgan fingerprint density at radius 3 is 0.610 bits per heavy atom. The largest absolute Gasteiger partial charge is 0.462 e. The minimum Gasteiger partial charge on any atom is -0.462 e. The zero-order valence-electron chi connectivity index (χ0n) is 56.1. The Hall–Kier alpha value is -1.85. The van der Waals surface area contributed by atoms with E-state index in [4.69, 9.17) is 14.2 Å². The molecule has 0 heterocycles. The summed E-state index contributed by atoms with van der Waals surface area (Å²) in [6.45, 7) is 6.74. The minimum absolute atomic E-state index is 0.0640. The fourth-order valence-electron chi connectivity index (χ4n) is 11.9. The molecule has 0 saturated carbocycles. The van der Waals surface area contributed by atoms with Gasteiger partial charge >= 0.3 is 17.9 Å². The molecular formula is C76H146O6. The van der Waals surface area contributed by atoms with Crippen molar-refractivity contribution in [3.05, 3.63) is 12.2 Å². The average molecular weight is 1160 g/mol. The third-order valence-electron chi connectivity index (χ3n) is 17.5. The summed E-state index contributed by atoms with van der Waals surface area (Å²) >= 11 is 0. The van der Waals surface area contributed by atoms with E-state index < -0.39 is 6.10 Å². The van der Waals surface area contributed by atoms with E-state index >= 15 is 0 Å². The lowest BCUT2D eigenvalue weighted by atomic mass is 10.0. The molecule has 0 aromatic heterocycles. The van der Waals surface area contributed by atoms with Crippen LogP contribution in [0.5, 0.6) is 0 Å². The van der Waals surface area contributed by atoms with Gasteiger partial charge in [-0.05, 0) is 44.9 Å². The number of ether oxygens (including phenoxy) is 3. The normalized spacial score (nSPS) is 12.0. The summed E-state index contributed by atoms with van der Waals surface area (Å²) in [5.74, 6) is -0.829. The molecule has 0 bridgehead atoms. The van der Waals surface area contributed by atoms with Gasteiger partial charge in [-0.25, -0.2) is 0 Å². The second-order valence-corrected chi connectivity index (χ2v) is 25.9. The monoisotopic (exact) mass is 1160 g/mol. The molecule has 0 N–H and O–H groups in total. The van der Waals surface area contributed by atoms with Crippen molar-refractivity contribution in [3.63, 3.8) is 0 Å². The Morgan fingerprint density at radius 1 is 0.232 bits per heavy atom. The summed E-state index contributed by atoms with van der Waals surface area (Å²) in [5, 5.41) is 0. The number of hydrogen-bond donors (Lipinski definition) is 0. The fraction of sp³-hybridized carbons (Fsp3) is 0.934. The number of unbranched alkanes of at least 4 members (excludes halogenated alkanes) is 58. The van der Waals surface area contributed by atoms with Gasteiger partial charge in [0.25, 0.3) is 0 Å². The van der Waals surface area contributed by atoms with E-state index in [1.807, 2.05) is 0 Å². The van der Waals surface area contributed by atoms with Crippen molar-refractivity contribution in [2.24, 2.45) is 0 Å². The molecule has 0 rings (SSSR count). The second-order valence-electron chi connectivity index (χ2n) is 25.9. The predicted molar refractivity (Wildman–Crippen MR) is 358 cm³/mol. The Morgan fingerprint density at radius 2 is 0.402 bits per heavy atom. The first-order chi connectivity index (χ1) is 40.5. The molecule has 0 aliphatic carbocycles. The first kappa shape index (κ1) is 80.2. The lowest BCUT2D eigenvalue weighted by Gasteiger charge is -2.18. The van der Waals surface area contributed by atoms with Gasteiger partial charge in [-0.1, -0.05) is 386 Å². The van der Waals surface area contributed by atoms with E-state index in [0.717, 1.165) is 57.8 Å². The van der Waals surface area contributed by atoms with E-state index in [0.29, 0.717) is 19.3 Å². The highest BCUT2D eigenvalue weighted by Gasteiger charge is 2.20. The Balaban J connectivity index is 4.19. The van der Waals surface area contributed by atoms with E-state index in [2.05, 4.69) is 32.9 Å². The zero-order valence-corrected chi connectivity index (χ0v) is 56.1. The van der Waals surface area contributed by atoms with Crippen molar-refractivity contribution in [2.75, 3.05) is 13.2 Å². The van der Waals surface area contributed by atoms with E-state index in [1.165, 1.54) is 340 Å². The van der Waals surface area contributed by atoms with Crippen LogP contribution in [0.15, 0.2) is 12.2 Å². The van der Waals surface area contributed by atoms with E-state index in [9.17, 15) is 14.4 Å². The van der Waals surface area contributed by atoms with Crippen LogP contribution in [0.1, 0.15) is 438 Å². The molecule has 0 radical (unpaired) electrons. The molecule has 0 aromatic carbocycles. The smallest absolute Gasteiger partial charge is 0.306 e. The van der Waals surface area contributed by atoms with Crippen LogP contribution in [0, 0.1) is 0 Å². The summed E-state index contributed by atoms with van der Waals surface area (Å²) < 4.78 is 17.0. The first-order valence-corrected chi connectivity index (χ1v) is 37.7. The molecule has 486 valence electrons. The minimum atomic E-state index is -0.769. The number of allylic oxidation sites excluding steroid dienone is 2. The number of hydrogen-bond acceptors (Lipinski definition) is 6. The van der Waals surface area contributed by atoms with Gasteiger partial charge in [0.15, 0.2) is 6.10 Å². The van der Waals surface area contributed by atoms with Crippen LogP contribution < -0.4 is 0 Å². The van der Waals surface area contributed by atoms with Gasteiger partial charge in [0.05, 0.1) is 0 Å². The number of carbonyl (C=O) groups excluding carboxylic acids is 3. The molecule has 6 nitrogen and oxygen atoms in total. The molecule has 82 heavy (non-hydrogen) atoms. The number of carbonyl (C=O) groups is 3. The molecule has 0 aliphatic rings. The maximum Gasteiger partial charge on any atom is 0.306 e. The van der Waals surface area contributed by atoms with Crippen LogP contribution in [0.2, 0.25) is 0 Å². The maximum absolute atomic E-state index is 13.0. The predicted octanol–water partition coefficient (Wildman–Crippen LogP) is 26.0. The highest BCUT2D eigenvalue weighted by atomic mass is 16.6. The molecule has 0 saturated heterocycles. The number of esters is 3. The van der Waals surface area contributed by atoms with Crippen LogP contribution in [0.25, 0.3) is 0 Å². The van der Waals surface area contributed by atoms with Gasteiger partial charge in [0, 0.05) is 19.3 Å². The molecule has 0 aliphatic heterocycles. The number of rotatable bonds is 71. The quantitative estimate of drug-likeness (QED) is 0.0261. The van der Waals surface area contributed by atoms with Crippen molar-refractivity contribution >= 4 is 17.9 Å². The van der Waals surface area contributed by atoms with E-state index in [1.54, 1.807) is 0 Å². The second kappa shape index (κ2) is 71.6. The molecule has 6 heteroatoms. The summed E-state index contributed by atoms with van der Waals surface area (Å²) in [4.78, 5) is 38.5. The Labute approximate surface area is 513 Å². The molecular weight excluding hydrogens is 1010 g/mol. The highest BCUT2D eigenvalue weighted by molar-refractivity contribution is 5.71. The fourth-order valence-corrected chi connectivity index (χ4v) is 11.9. The first-order valence-electron chi connectivity index (χ1n) is 37.7. The third-order valence-corrected chi connectivity index (χ3v) is 17.5. The van der Waals surface area contributed by atoms with Crippen LogP contribution in [-0.2, 0) is 28.6 Å². The van der Waals surface area contributed by atoms with Gasteiger partial charge in [0.1, 0.15) is 13.2 Å². The third kappa shape index (κ3) is 68.9. The van der Waals surface area contributed by atoms with Gasteiger partial charge in [-0.3, -0.25) is 14.4 Å². The molecule has 0 spiro atoms. The van der Waals surface area contributed by atoms with Gasteiger partial charge in [-0.15, -0.1) is 0 Å². The van der Waals surface area contributed by atoms with E-state index in [-0.39, 0.29) is 31.1 Å². The SMILES string of the molecule is CCCCCCCC/C=C\CCCCCCCCCC(=O)OCC(COC(=O)CCCCCCCCCCCCCCCCCCCCCCCCCCCCCCC)OC(=O)CCCCCCCCCCCCCCCCCCCC. The topological polar surface area (TPSA) is 78.9 Å². The molecule has 0 aromatic rings. The highest BCUT2D eigenvalue weighted by Crippen LogP contribution is 2.20. The maximum atomic E-state index is 13.0. The van der Waals surface area contributed by atoms with Gasteiger partial charge in [0.2, 0.25) is 0 Å². The summed E-state index contributed by atoms with van der Waals surface area (Å²) in [7, 11) is 0. The van der Waals surface area contributed by atoms with Crippen molar-refractivity contribution in [3.8, 4) is 0 Å². The van der Waals surface area contributed by atoms with Crippen LogP contribution in [0.3, 0.4) is 0 Å². The summed E-state index contributed by atoms with van der Waals surface area (Å²) in [6, 6.07) is 0. The van der Waals surface area contributed by atoms with Gasteiger partial charge < -0.3 is 14.2 Å².